The van der Waals surface area contributed by atoms with E-state index in [1.165, 1.54) is 11.1 Å². The summed E-state index contributed by atoms with van der Waals surface area (Å²) in [4.78, 5) is 4.40. The average Bonchev–Trinajstić information content (AvgIpc) is 2.58. The zero-order valence-electron chi connectivity index (χ0n) is 9.99. The third-order valence-corrected chi connectivity index (χ3v) is 2.63. The molecule has 3 nitrogen and oxygen atoms in total. The highest BCUT2D eigenvalue weighted by molar-refractivity contribution is 5.40. The normalized spacial score (nSPS) is 10.8. The maximum Gasteiger partial charge on any atom is 0.110 e. The molecular formula is C13H17N3. The van der Waals surface area contributed by atoms with Crippen molar-refractivity contribution in [2.45, 2.75) is 27.3 Å². The highest BCUT2D eigenvalue weighted by atomic mass is 15.1. The lowest BCUT2D eigenvalue weighted by molar-refractivity contribution is 0.965. The predicted molar refractivity (Wildman–Crippen MR) is 65.7 cm³/mol. The van der Waals surface area contributed by atoms with E-state index < -0.39 is 0 Å². The van der Waals surface area contributed by atoms with Crippen molar-refractivity contribution >= 4 is 0 Å². The molecule has 0 saturated heterocycles. The Hall–Kier alpha value is -1.61. The molecule has 84 valence electrons. The van der Waals surface area contributed by atoms with Crippen molar-refractivity contribution < 1.29 is 0 Å². The molecule has 1 heterocycles. The number of rotatable bonds is 2. The average molecular weight is 215 g/mol. The molecule has 3 heteroatoms. The van der Waals surface area contributed by atoms with Gasteiger partial charge in [0, 0.05) is 18.4 Å². The molecule has 2 rings (SSSR count). The molecule has 1 aromatic carbocycles. The number of nitrogens with two attached hydrogens (primary N) is 1. The summed E-state index contributed by atoms with van der Waals surface area (Å²) in [6.07, 6.45) is 2.00. The maximum atomic E-state index is 5.59. The van der Waals surface area contributed by atoms with Crippen molar-refractivity contribution in [3.8, 4) is 5.69 Å². The van der Waals surface area contributed by atoms with Gasteiger partial charge in [0.25, 0.3) is 0 Å². The summed E-state index contributed by atoms with van der Waals surface area (Å²) in [6, 6.07) is 6.48. The van der Waals surface area contributed by atoms with Crippen molar-refractivity contribution in [2.24, 2.45) is 5.73 Å². The van der Waals surface area contributed by atoms with Gasteiger partial charge < -0.3 is 10.3 Å². The molecule has 0 aliphatic heterocycles. The summed E-state index contributed by atoms with van der Waals surface area (Å²) < 4.78 is 2.09. The van der Waals surface area contributed by atoms with E-state index in [2.05, 4.69) is 41.6 Å². The van der Waals surface area contributed by atoms with Crippen molar-refractivity contribution in [2.75, 3.05) is 0 Å². The van der Waals surface area contributed by atoms with Gasteiger partial charge in [0.05, 0.1) is 5.69 Å². The van der Waals surface area contributed by atoms with Crippen LogP contribution in [0.2, 0.25) is 0 Å². The van der Waals surface area contributed by atoms with Gasteiger partial charge in [-0.25, -0.2) is 4.98 Å². The van der Waals surface area contributed by atoms with Crippen LogP contribution in [0.4, 0.5) is 0 Å². The van der Waals surface area contributed by atoms with E-state index in [0.29, 0.717) is 6.54 Å². The van der Waals surface area contributed by atoms with Crippen LogP contribution in [0.1, 0.15) is 22.6 Å². The van der Waals surface area contributed by atoms with Crippen LogP contribution >= 0.6 is 0 Å². The molecule has 0 amide bonds. The molecular weight excluding hydrogens is 198 g/mol. The number of aromatic nitrogens is 2. The Morgan fingerprint density at radius 2 is 1.75 bits per heavy atom. The van der Waals surface area contributed by atoms with Gasteiger partial charge in [-0.15, -0.1) is 0 Å². The van der Waals surface area contributed by atoms with Crippen molar-refractivity contribution in [3.63, 3.8) is 0 Å². The standard InChI is InChI=1S/C13H17N3/c1-9-4-10(2)6-13(5-9)16-8-12(7-14)15-11(16)3/h4-6,8H,7,14H2,1-3H3. The molecule has 2 N–H and O–H groups in total. The molecule has 0 aliphatic carbocycles. The molecule has 0 unspecified atom stereocenters. The Morgan fingerprint density at radius 1 is 1.12 bits per heavy atom. The minimum atomic E-state index is 0.485. The first-order chi connectivity index (χ1) is 7.60. The fourth-order valence-electron chi connectivity index (χ4n) is 1.98. The molecule has 0 atom stereocenters. The van der Waals surface area contributed by atoms with Gasteiger partial charge in [0.15, 0.2) is 0 Å². The molecule has 0 bridgehead atoms. The van der Waals surface area contributed by atoms with Gasteiger partial charge in [-0.05, 0) is 44.0 Å². The molecule has 0 fully saturated rings. The zero-order valence-corrected chi connectivity index (χ0v) is 9.99. The van der Waals surface area contributed by atoms with Gasteiger partial charge in [0.1, 0.15) is 5.82 Å². The lowest BCUT2D eigenvalue weighted by atomic mass is 10.1. The largest absolute Gasteiger partial charge is 0.325 e. The molecule has 0 radical (unpaired) electrons. The van der Waals surface area contributed by atoms with E-state index in [0.717, 1.165) is 17.2 Å². The van der Waals surface area contributed by atoms with Crippen LogP contribution in [0.3, 0.4) is 0 Å². The Bertz CT molecular complexity index is 492. The van der Waals surface area contributed by atoms with E-state index >= 15 is 0 Å². The molecule has 0 spiro atoms. The summed E-state index contributed by atoms with van der Waals surface area (Å²) in [6.45, 7) is 6.69. The first kappa shape index (κ1) is 10.9. The summed E-state index contributed by atoms with van der Waals surface area (Å²) in [5.74, 6) is 0.977. The van der Waals surface area contributed by atoms with Gasteiger partial charge in [-0.3, -0.25) is 0 Å². The van der Waals surface area contributed by atoms with Crippen molar-refractivity contribution in [1.82, 2.24) is 9.55 Å². The van der Waals surface area contributed by atoms with Crippen LogP contribution in [0.15, 0.2) is 24.4 Å². The Kier molecular flexibility index (Phi) is 2.79. The Morgan fingerprint density at radius 3 is 2.25 bits per heavy atom. The van der Waals surface area contributed by atoms with Gasteiger partial charge >= 0.3 is 0 Å². The minimum absolute atomic E-state index is 0.485. The first-order valence-electron chi connectivity index (χ1n) is 5.44. The molecule has 16 heavy (non-hydrogen) atoms. The molecule has 0 saturated carbocycles. The fourth-order valence-corrected chi connectivity index (χ4v) is 1.98. The second-order valence-corrected chi connectivity index (χ2v) is 4.20. The van der Waals surface area contributed by atoms with E-state index in [9.17, 15) is 0 Å². The number of hydrogen-bond donors (Lipinski definition) is 1. The lowest BCUT2D eigenvalue weighted by Gasteiger charge is -2.07. The second kappa shape index (κ2) is 4.10. The van der Waals surface area contributed by atoms with Crippen LogP contribution < -0.4 is 5.73 Å². The zero-order chi connectivity index (χ0) is 11.7. The van der Waals surface area contributed by atoms with E-state index in [-0.39, 0.29) is 0 Å². The third kappa shape index (κ3) is 1.99. The fraction of sp³-hybridized carbons (Fsp3) is 0.308. The number of hydrogen-bond acceptors (Lipinski definition) is 2. The second-order valence-electron chi connectivity index (χ2n) is 4.20. The number of benzene rings is 1. The monoisotopic (exact) mass is 215 g/mol. The molecule has 1 aromatic heterocycles. The summed E-state index contributed by atoms with van der Waals surface area (Å²) in [5, 5.41) is 0. The van der Waals surface area contributed by atoms with Crippen molar-refractivity contribution in [1.29, 1.82) is 0 Å². The van der Waals surface area contributed by atoms with E-state index in [1.54, 1.807) is 0 Å². The minimum Gasteiger partial charge on any atom is -0.325 e. The van der Waals surface area contributed by atoms with E-state index in [4.69, 9.17) is 5.73 Å². The lowest BCUT2D eigenvalue weighted by Crippen LogP contribution is -1.97. The quantitative estimate of drug-likeness (QED) is 0.835. The topological polar surface area (TPSA) is 43.8 Å². The number of imidazole rings is 1. The SMILES string of the molecule is Cc1cc(C)cc(-n2cc(CN)nc2C)c1. The van der Waals surface area contributed by atoms with Gasteiger partial charge in [-0.2, -0.15) is 0 Å². The van der Waals surface area contributed by atoms with E-state index in [1.807, 2.05) is 13.1 Å². The van der Waals surface area contributed by atoms with Crippen molar-refractivity contribution in [3.05, 3.63) is 47.0 Å². The Labute approximate surface area is 95.9 Å². The third-order valence-electron chi connectivity index (χ3n) is 2.63. The number of nitrogens with zero attached hydrogens (tertiary/aromatic N) is 2. The summed E-state index contributed by atoms with van der Waals surface area (Å²) >= 11 is 0. The number of aryl methyl sites for hydroxylation is 3. The van der Waals surface area contributed by atoms with Gasteiger partial charge in [-0.1, -0.05) is 6.07 Å². The maximum absolute atomic E-state index is 5.59. The highest BCUT2D eigenvalue weighted by Crippen LogP contribution is 2.16. The van der Waals surface area contributed by atoms with Crippen LogP contribution in [0, 0.1) is 20.8 Å². The first-order valence-corrected chi connectivity index (χ1v) is 5.44. The predicted octanol–water partition coefficient (Wildman–Crippen LogP) is 2.26. The van der Waals surface area contributed by atoms with Crippen LogP contribution in [0.5, 0.6) is 0 Å². The van der Waals surface area contributed by atoms with Gasteiger partial charge in [0.2, 0.25) is 0 Å². The summed E-state index contributed by atoms with van der Waals surface area (Å²) in [7, 11) is 0. The molecule has 2 aromatic rings. The van der Waals surface area contributed by atoms with Crippen LogP contribution in [0.25, 0.3) is 5.69 Å². The summed E-state index contributed by atoms with van der Waals surface area (Å²) in [5.41, 5.74) is 10.2. The highest BCUT2D eigenvalue weighted by Gasteiger charge is 2.05. The van der Waals surface area contributed by atoms with Crippen LogP contribution in [-0.2, 0) is 6.54 Å². The smallest absolute Gasteiger partial charge is 0.110 e. The molecule has 0 aliphatic rings. The van der Waals surface area contributed by atoms with Crippen LogP contribution in [-0.4, -0.2) is 9.55 Å². The Balaban J connectivity index is 2.53.